The highest BCUT2D eigenvalue weighted by Crippen LogP contribution is 2.24. The van der Waals surface area contributed by atoms with E-state index >= 15 is 0 Å². The molecule has 0 heterocycles. The third-order valence-electron chi connectivity index (χ3n) is 4.00. The van der Waals surface area contributed by atoms with Gasteiger partial charge in [0.05, 0.1) is 23.0 Å². The van der Waals surface area contributed by atoms with Crippen molar-refractivity contribution in [3.05, 3.63) is 58.6 Å². The fourth-order valence-electron chi connectivity index (χ4n) is 2.74. The van der Waals surface area contributed by atoms with Gasteiger partial charge in [0.15, 0.2) is 0 Å². The fraction of sp³-hybridized carbons (Fsp3) is 0.350. The number of rotatable bonds is 10. The Balaban J connectivity index is 1.96. The summed E-state index contributed by atoms with van der Waals surface area (Å²) in [6.07, 6.45) is 1.41. The van der Waals surface area contributed by atoms with Crippen LogP contribution in [0, 0.1) is 10.1 Å². The zero-order valence-corrected chi connectivity index (χ0v) is 17.9. The van der Waals surface area contributed by atoms with Crippen LogP contribution < -0.4 is 14.4 Å². The Morgan fingerprint density at radius 2 is 1.87 bits per heavy atom. The van der Waals surface area contributed by atoms with E-state index in [1.165, 1.54) is 24.3 Å². The van der Waals surface area contributed by atoms with Gasteiger partial charge in [-0.05, 0) is 50.6 Å². The Bertz CT molecular complexity index is 990. The Labute approximate surface area is 175 Å². The Kier molecular flexibility index (Phi) is 7.76. The van der Waals surface area contributed by atoms with E-state index in [2.05, 4.69) is 5.32 Å². The minimum Gasteiger partial charge on any atom is -0.491 e. The van der Waals surface area contributed by atoms with Crippen LogP contribution in [0.25, 0.3) is 0 Å². The average molecular weight is 436 g/mol. The lowest BCUT2D eigenvalue weighted by Gasteiger charge is -2.22. The molecular formula is C20H25N3O6S. The lowest BCUT2D eigenvalue weighted by molar-refractivity contribution is -0.384. The molecule has 0 bridgehead atoms. The monoisotopic (exact) mass is 435 g/mol. The first-order valence-electron chi connectivity index (χ1n) is 9.35. The van der Waals surface area contributed by atoms with Crippen molar-refractivity contribution in [2.24, 2.45) is 0 Å². The SMILES string of the molecule is CC(C)Oc1ccc(NC(=O)CCCN(c2cccc([N+](=O)[O-])c2)S(C)(=O)=O)cc1. The molecule has 0 saturated heterocycles. The number of non-ortho nitro benzene ring substituents is 1. The molecule has 0 aromatic heterocycles. The number of amides is 1. The van der Waals surface area contributed by atoms with Gasteiger partial charge in [-0.15, -0.1) is 0 Å². The van der Waals surface area contributed by atoms with Gasteiger partial charge in [0.2, 0.25) is 15.9 Å². The summed E-state index contributed by atoms with van der Waals surface area (Å²) in [5, 5.41) is 13.7. The Hall–Kier alpha value is -3.14. The van der Waals surface area contributed by atoms with Gasteiger partial charge in [-0.2, -0.15) is 0 Å². The molecule has 0 aliphatic carbocycles. The van der Waals surface area contributed by atoms with Crippen molar-refractivity contribution in [3.8, 4) is 5.75 Å². The van der Waals surface area contributed by atoms with Crippen molar-refractivity contribution >= 4 is 33.0 Å². The third-order valence-corrected chi connectivity index (χ3v) is 5.20. The van der Waals surface area contributed by atoms with Crippen LogP contribution in [0.1, 0.15) is 26.7 Å². The van der Waals surface area contributed by atoms with E-state index < -0.39 is 14.9 Å². The van der Waals surface area contributed by atoms with Gasteiger partial charge < -0.3 is 10.1 Å². The van der Waals surface area contributed by atoms with Crippen molar-refractivity contribution < 1.29 is 22.9 Å². The summed E-state index contributed by atoms with van der Waals surface area (Å²) in [6, 6.07) is 12.3. The summed E-state index contributed by atoms with van der Waals surface area (Å²) >= 11 is 0. The number of hydrogen-bond donors (Lipinski definition) is 1. The van der Waals surface area contributed by atoms with Crippen molar-refractivity contribution in [1.82, 2.24) is 0 Å². The van der Waals surface area contributed by atoms with E-state index in [4.69, 9.17) is 4.74 Å². The van der Waals surface area contributed by atoms with Gasteiger partial charge in [0, 0.05) is 30.8 Å². The van der Waals surface area contributed by atoms with E-state index in [1.807, 2.05) is 13.8 Å². The van der Waals surface area contributed by atoms with Crippen molar-refractivity contribution in [2.45, 2.75) is 32.8 Å². The maximum absolute atomic E-state index is 12.2. The molecule has 0 unspecified atom stereocenters. The van der Waals surface area contributed by atoms with Crippen molar-refractivity contribution in [2.75, 3.05) is 22.4 Å². The number of nitro groups is 1. The largest absolute Gasteiger partial charge is 0.491 e. The van der Waals surface area contributed by atoms with Crippen LogP contribution in [0.3, 0.4) is 0 Å². The summed E-state index contributed by atoms with van der Waals surface area (Å²) in [4.78, 5) is 22.6. The van der Waals surface area contributed by atoms with Crippen LogP contribution >= 0.6 is 0 Å². The second kappa shape index (κ2) is 10.1. The maximum atomic E-state index is 12.2. The molecule has 0 spiro atoms. The summed E-state index contributed by atoms with van der Waals surface area (Å²) < 4.78 is 30.9. The van der Waals surface area contributed by atoms with Crippen LogP contribution in [0.5, 0.6) is 5.75 Å². The van der Waals surface area contributed by atoms with Crippen LogP contribution in [0.2, 0.25) is 0 Å². The molecule has 2 rings (SSSR count). The number of carbonyl (C=O) groups is 1. The molecule has 0 aliphatic rings. The smallest absolute Gasteiger partial charge is 0.271 e. The Morgan fingerprint density at radius 1 is 1.20 bits per heavy atom. The maximum Gasteiger partial charge on any atom is 0.271 e. The topological polar surface area (TPSA) is 119 Å². The number of hydrogen-bond acceptors (Lipinski definition) is 6. The standard InChI is InChI=1S/C20H25N3O6S/c1-15(2)29-19-11-9-16(10-12-19)21-20(24)8-5-13-22(30(3,27)28)17-6-4-7-18(14-17)23(25)26/h4,6-7,9-12,14-15H,5,8,13H2,1-3H3,(H,21,24). The quantitative estimate of drug-likeness (QED) is 0.450. The number of ether oxygens (including phenoxy) is 1. The molecular weight excluding hydrogens is 410 g/mol. The number of nitro benzene ring substituents is 1. The molecule has 0 radical (unpaired) electrons. The summed E-state index contributed by atoms with van der Waals surface area (Å²) in [6.45, 7) is 3.86. The van der Waals surface area contributed by atoms with E-state index in [0.29, 0.717) is 11.4 Å². The average Bonchev–Trinajstić information content (AvgIpc) is 2.65. The molecule has 2 aromatic rings. The Morgan fingerprint density at radius 3 is 2.43 bits per heavy atom. The lowest BCUT2D eigenvalue weighted by Crippen LogP contribution is -2.31. The number of sulfonamides is 1. The van der Waals surface area contributed by atoms with E-state index in [-0.39, 0.29) is 42.8 Å². The first-order chi connectivity index (χ1) is 14.1. The number of anilines is 2. The fourth-order valence-corrected chi connectivity index (χ4v) is 3.70. The molecule has 2 aromatic carbocycles. The third kappa shape index (κ3) is 7.03. The molecule has 0 aliphatic heterocycles. The van der Waals surface area contributed by atoms with Gasteiger partial charge in [0.25, 0.3) is 5.69 Å². The van der Waals surface area contributed by atoms with Crippen LogP contribution in [0.4, 0.5) is 17.1 Å². The van der Waals surface area contributed by atoms with Gasteiger partial charge in [0.1, 0.15) is 5.75 Å². The van der Waals surface area contributed by atoms with Crippen molar-refractivity contribution in [3.63, 3.8) is 0 Å². The van der Waals surface area contributed by atoms with Gasteiger partial charge >= 0.3 is 0 Å². The van der Waals surface area contributed by atoms with E-state index in [1.54, 1.807) is 24.3 Å². The molecule has 0 atom stereocenters. The highest BCUT2D eigenvalue weighted by molar-refractivity contribution is 7.92. The normalized spacial score (nSPS) is 11.2. The predicted octanol–water partition coefficient (Wildman–Crippen LogP) is 3.57. The number of nitrogens with one attached hydrogen (secondary N) is 1. The minimum absolute atomic E-state index is 0.0224. The number of nitrogens with zero attached hydrogens (tertiary/aromatic N) is 2. The first kappa shape index (κ1) is 23.1. The summed E-state index contributed by atoms with van der Waals surface area (Å²) in [5.41, 5.74) is 0.589. The van der Waals surface area contributed by atoms with E-state index in [0.717, 1.165) is 10.6 Å². The molecule has 0 fully saturated rings. The zero-order valence-electron chi connectivity index (χ0n) is 17.1. The van der Waals surface area contributed by atoms with Crippen molar-refractivity contribution in [1.29, 1.82) is 0 Å². The lowest BCUT2D eigenvalue weighted by atomic mass is 10.2. The molecule has 9 nitrogen and oxygen atoms in total. The minimum atomic E-state index is -3.67. The zero-order chi connectivity index (χ0) is 22.3. The summed E-state index contributed by atoms with van der Waals surface area (Å²) in [5.74, 6) is 0.434. The second-order valence-electron chi connectivity index (χ2n) is 6.95. The highest BCUT2D eigenvalue weighted by atomic mass is 32.2. The predicted molar refractivity (Wildman–Crippen MR) is 115 cm³/mol. The molecule has 1 N–H and O–H groups in total. The molecule has 10 heteroatoms. The second-order valence-corrected chi connectivity index (χ2v) is 8.86. The first-order valence-corrected chi connectivity index (χ1v) is 11.2. The highest BCUT2D eigenvalue weighted by Gasteiger charge is 2.20. The van der Waals surface area contributed by atoms with Gasteiger partial charge in [-0.3, -0.25) is 19.2 Å². The van der Waals surface area contributed by atoms with E-state index in [9.17, 15) is 23.3 Å². The summed E-state index contributed by atoms with van der Waals surface area (Å²) in [7, 11) is -3.67. The molecule has 0 saturated carbocycles. The molecule has 30 heavy (non-hydrogen) atoms. The van der Waals surface area contributed by atoms with Gasteiger partial charge in [-0.25, -0.2) is 8.42 Å². The molecule has 1 amide bonds. The number of carbonyl (C=O) groups excluding carboxylic acids is 1. The van der Waals surface area contributed by atoms with Crippen LogP contribution in [0.15, 0.2) is 48.5 Å². The van der Waals surface area contributed by atoms with Crippen LogP contribution in [-0.2, 0) is 14.8 Å². The number of benzene rings is 2. The van der Waals surface area contributed by atoms with Crippen LogP contribution in [-0.4, -0.2) is 38.2 Å². The van der Waals surface area contributed by atoms with Gasteiger partial charge in [-0.1, -0.05) is 6.07 Å². The molecule has 162 valence electrons.